The van der Waals surface area contributed by atoms with Crippen LogP contribution < -0.4 is 9.64 Å². The highest BCUT2D eigenvalue weighted by atomic mass is 35.5. The summed E-state index contributed by atoms with van der Waals surface area (Å²) in [6.45, 7) is 2.51. The van der Waals surface area contributed by atoms with Crippen LogP contribution in [0.2, 0.25) is 5.02 Å². The Bertz CT molecular complexity index is 1140. The van der Waals surface area contributed by atoms with Crippen LogP contribution in [0.1, 0.15) is 11.6 Å². The van der Waals surface area contributed by atoms with E-state index in [1.807, 2.05) is 30.0 Å². The lowest BCUT2D eigenvalue weighted by atomic mass is 9.99. The number of amides is 1. The van der Waals surface area contributed by atoms with E-state index in [1.54, 1.807) is 47.4 Å². The summed E-state index contributed by atoms with van der Waals surface area (Å²) in [5, 5.41) is 0.636. The number of carbonyl (C=O) groups is 1. The Morgan fingerprint density at radius 3 is 2.35 bits per heavy atom. The maximum absolute atomic E-state index is 14.1. The predicted molar refractivity (Wildman–Crippen MR) is 134 cm³/mol. The van der Waals surface area contributed by atoms with Gasteiger partial charge >= 0.3 is 6.09 Å². The quantitative estimate of drug-likeness (QED) is 0.394. The average Bonchev–Trinajstić information content (AvgIpc) is 3.17. The molecule has 0 spiro atoms. The van der Waals surface area contributed by atoms with Gasteiger partial charge in [0.2, 0.25) is 0 Å². The number of hydrogen-bond donors (Lipinski definition) is 0. The second-order valence-corrected chi connectivity index (χ2v) is 9.92. The van der Waals surface area contributed by atoms with Crippen molar-refractivity contribution in [2.75, 3.05) is 36.0 Å². The molecule has 8 heteroatoms. The fourth-order valence-corrected chi connectivity index (χ4v) is 5.44. The Balaban J connectivity index is 1.41. The van der Waals surface area contributed by atoms with Gasteiger partial charge in [-0.3, -0.25) is 9.80 Å². The van der Waals surface area contributed by atoms with Gasteiger partial charge < -0.3 is 9.47 Å². The summed E-state index contributed by atoms with van der Waals surface area (Å²) in [5.41, 5.74) is 1.38. The van der Waals surface area contributed by atoms with Crippen molar-refractivity contribution in [2.45, 2.75) is 12.1 Å². The number of thioether (sulfide) groups is 1. The molecule has 3 aromatic carbocycles. The number of ether oxygens (including phenoxy) is 2. The predicted octanol–water partition coefficient (Wildman–Crippen LogP) is 6.39. The minimum atomic E-state index is -0.433. The summed E-state index contributed by atoms with van der Waals surface area (Å²) in [5.74, 6) is 3.07. The highest BCUT2D eigenvalue weighted by Crippen LogP contribution is 2.39. The first kappa shape index (κ1) is 23.0. The summed E-state index contributed by atoms with van der Waals surface area (Å²) in [4.78, 5) is 17.0. The van der Waals surface area contributed by atoms with E-state index in [9.17, 15) is 9.18 Å². The number of carbonyl (C=O) groups excluding carboxylic acids is 1. The van der Waals surface area contributed by atoms with E-state index in [1.165, 1.54) is 12.1 Å². The molecule has 2 aliphatic heterocycles. The van der Waals surface area contributed by atoms with Gasteiger partial charge in [-0.25, -0.2) is 9.18 Å². The third kappa shape index (κ3) is 5.17. The van der Waals surface area contributed by atoms with Gasteiger partial charge in [0.05, 0.1) is 0 Å². The van der Waals surface area contributed by atoms with Crippen molar-refractivity contribution in [3.05, 3.63) is 89.2 Å². The van der Waals surface area contributed by atoms with E-state index in [-0.39, 0.29) is 5.82 Å². The third-order valence-electron chi connectivity index (χ3n) is 5.98. The van der Waals surface area contributed by atoms with E-state index in [0.717, 1.165) is 24.6 Å². The van der Waals surface area contributed by atoms with E-state index in [0.29, 0.717) is 34.3 Å². The second kappa shape index (κ2) is 10.3. The molecule has 1 amide bonds. The van der Waals surface area contributed by atoms with Gasteiger partial charge in [0.25, 0.3) is 0 Å². The number of halogens is 2. The lowest BCUT2D eigenvalue weighted by Crippen LogP contribution is -2.41. The molecule has 2 heterocycles. The average molecular weight is 499 g/mol. The standard InChI is InChI=1S/C26H24ClFN2O3S/c27-19-4-8-22(9-5-19)32-23-10-6-21(7-11-23)30-25(18-2-1-3-20(28)16-18)24(33-26(30)31)17-29-12-14-34-15-13-29/h1-11,16,24-25H,12-15,17H2/t24-,25-/m0/s1. The lowest BCUT2D eigenvalue weighted by molar-refractivity contribution is 0.0998. The van der Waals surface area contributed by atoms with Crippen molar-refractivity contribution in [1.29, 1.82) is 0 Å². The molecule has 0 radical (unpaired) electrons. The Labute approximate surface area is 207 Å². The van der Waals surface area contributed by atoms with Gasteiger partial charge in [-0.1, -0.05) is 23.7 Å². The topological polar surface area (TPSA) is 42.0 Å². The maximum atomic E-state index is 14.1. The Morgan fingerprint density at radius 2 is 1.68 bits per heavy atom. The third-order valence-corrected chi connectivity index (χ3v) is 7.17. The maximum Gasteiger partial charge on any atom is 0.415 e. The summed E-state index contributed by atoms with van der Waals surface area (Å²) in [7, 11) is 0. The molecule has 0 saturated carbocycles. The first-order valence-electron chi connectivity index (χ1n) is 11.2. The first-order valence-corrected chi connectivity index (χ1v) is 12.7. The van der Waals surface area contributed by atoms with Crippen LogP contribution in [-0.4, -0.2) is 48.2 Å². The van der Waals surface area contributed by atoms with E-state index in [2.05, 4.69) is 4.90 Å². The molecule has 5 rings (SSSR count). The van der Waals surface area contributed by atoms with Crippen LogP contribution >= 0.6 is 23.4 Å². The molecule has 34 heavy (non-hydrogen) atoms. The van der Waals surface area contributed by atoms with E-state index >= 15 is 0 Å². The zero-order valence-corrected chi connectivity index (χ0v) is 20.0. The smallest absolute Gasteiger partial charge is 0.415 e. The van der Waals surface area contributed by atoms with Crippen molar-refractivity contribution in [3.8, 4) is 11.5 Å². The highest BCUT2D eigenvalue weighted by molar-refractivity contribution is 7.99. The zero-order chi connectivity index (χ0) is 23.5. The molecule has 0 bridgehead atoms. The summed E-state index contributed by atoms with van der Waals surface area (Å²) in [6.07, 6.45) is -0.834. The molecule has 2 aliphatic rings. The number of nitrogens with zero attached hydrogens (tertiary/aromatic N) is 2. The number of hydrogen-bond acceptors (Lipinski definition) is 5. The van der Waals surface area contributed by atoms with Crippen molar-refractivity contribution < 1.29 is 18.7 Å². The fourth-order valence-electron chi connectivity index (χ4n) is 4.34. The van der Waals surface area contributed by atoms with Crippen LogP contribution in [-0.2, 0) is 4.74 Å². The van der Waals surface area contributed by atoms with E-state index < -0.39 is 18.2 Å². The van der Waals surface area contributed by atoms with Crippen LogP contribution in [0.4, 0.5) is 14.9 Å². The first-order chi connectivity index (χ1) is 16.6. The molecule has 0 aliphatic carbocycles. The van der Waals surface area contributed by atoms with Crippen molar-refractivity contribution >= 4 is 35.1 Å². The zero-order valence-electron chi connectivity index (χ0n) is 18.4. The summed E-state index contributed by atoms with van der Waals surface area (Å²) in [6, 6.07) is 20.3. The van der Waals surface area contributed by atoms with Crippen molar-refractivity contribution in [3.63, 3.8) is 0 Å². The Hall–Kier alpha value is -2.74. The van der Waals surface area contributed by atoms with Gasteiger partial charge in [0.1, 0.15) is 29.5 Å². The van der Waals surface area contributed by atoms with Gasteiger partial charge in [-0.2, -0.15) is 11.8 Å². The van der Waals surface area contributed by atoms with Crippen LogP contribution in [0.15, 0.2) is 72.8 Å². The largest absolute Gasteiger partial charge is 0.457 e. The Morgan fingerprint density at radius 1 is 1.00 bits per heavy atom. The van der Waals surface area contributed by atoms with E-state index in [4.69, 9.17) is 21.1 Å². The number of benzene rings is 3. The minimum absolute atomic E-state index is 0.336. The van der Waals surface area contributed by atoms with Crippen LogP contribution in [0.25, 0.3) is 0 Å². The van der Waals surface area contributed by atoms with Crippen LogP contribution in [0.3, 0.4) is 0 Å². The van der Waals surface area contributed by atoms with Crippen LogP contribution in [0.5, 0.6) is 11.5 Å². The molecule has 5 nitrogen and oxygen atoms in total. The van der Waals surface area contributed by atoms with Gasteiger partial charge in [0.15, 0.2) is 0 Å². The highest BCUT2D eigenvalue weighted by Gasteiger charge is 2.44. The van der Waals surface area contributed by atoms with Crippen LogP contribution in [0, 0.1) is 5.82 Å². The van der Waals surface area contributed by atoms with Gasteiger partial charge in [-0.15, -0.1) is 0 Å². The number of cyclic esters (lactones) is 1. The molecule has 2 atom stereocenters. The molecule has 176 valence electrons. The number of anilines is 1. The monoisotopic (exact) mass is 498 g/mol. The summed E-state index contributed by atoms with van der Waals surface area (Å²) >= 11 is 7.86. The number of rotatable bonds is 6. The van der Waals surface area contributed by atoms with Crippen molar-refractivity contribution in [1.82, 2.24) is 4.90 Å². The van der Waals surface area contributed by atoms with Gasteiger partial charge in [-0.05, 0) is 66.2 Å². The Kier molecular flexibility index (Phi) is 6.94. The second-order valence-electron chi connectivity index (χ2n) is 8.25. The SMILES string of the molecule is O=C1O[C@@H](CN2CCSCC2)[C@H](c2cccc(F)c2)N1c1ccc(Oc2ccc(Cl)cc2)cc1. The molecule has 2 saturated heterocycles. The molecule has 0 unspecified atom stereocenters. The molecular formula is C26H24ClFN2O3S. The minimum Gasteiger partial charge on any atom is -0.457 e. The van der Waals surface area contributed by atoms with Gasteiger partial charge in [0, 0.05) is 41.8 Å². The van der Waals surface area contributed by atoms with Crippen molar-refractivity contribution in [2.24, 2.45) is 0 Å². The molecule has 0 N–H and O–H groups in total. The normalized spacial score (nSPS) is 20.9. The fraction of sp³-hybridized carbons (Fsp3) is 0.269. The molecular weight excluding hydrogens is 475 g/mol. The lowest BCUT2D eigenvalue weighted by Gasteiger charge is -2.31. The molecule has 0 aromatic heterocycles. The molecule has 3 aromatic rings. The summed E-state index contributed by atoms with van der Waals surface area (Å²) < 4.78 is 25.9. The molecule has 2 fully saturated rings.